The molecule has 1 aliphatic heterocycles. The van der Waals surface area contributed by atoms with Crippen LogP contribution in [0.3, 0.4) is 0 Å². The monoisotopic (exact) mass is 488 g/mol. The summed E-state index contributed by atoms with van der Waals surface area (Å²) in [5, 5.41) is 9.61. The third-order valence-electron chi connectivity index (χ3n) is 5.39. The van der Waals surface area contributed by atoms with Gasteiger partial charge >= 0.3 is 0 Å². The molecule has 0 aliphatic carbocycles. The number of aromatic nitrogens is 3. The maximum atomic E-state index is 13.0. The molecule has 10 heteroatoms. The van der Waals surface area contributed by atoms with E-state index in [-0.39, 0.29) is 0 Å². The van der Waals surface area contributed by atoms with Gasteiger partial charge in [-0.1, -0.05) is 54.2 Å². The van der Waals surface area contributed by atoms with Crippen LogP contribution in [0.4, 0.5) is 0 Å². The molecule has 0 radical (unpaired) electrons. The zero-order valence-corrected chi connectivity index (χ0v) is 20.2. The van der Waals surface area contributed by atoms with E-state index >= 15 is 0 Å². The molecule has 0 saturated carbocycles. The molecule has 3 aromatic rings. The number of sulfonamides is 1. The van der Waals surface area contributed by atoms with Crippen LogP contribution in [0.15, 0.2) is 64.6 Å². The average Bonchev–Trinajstić information content (AvgIpc) is 3.23. The lowest BCUT2D eigenvalue weighted by atomic mass is 10.1. The Bertz CT molecular complexity index is 1150. The number of ether oxygens (including phenoxy) is 2. The first kappa shape index (κ1) is 23.9. The highest BCUT2D eigenvalue weighted by atomic mass is 32.2. The Morgan fingerprint density at radius 3 is 2.55 bits per heavy atom. The summed E-state index contributed by atoms with van der Waals surface area (Å²) in [6, 6.07) is 17.3. The zero-order valence-electron chi connectivity index (χ0n) is 18.6. The van der Waals surface area contributed by atoms with Crippen molar-refractivity contribution in [3.63, 3.8) is 0 Å². The van der Waals surface area contributed by atoms with Gasteiger partial charge in [-0.15, -0.1) is 10.2 Å². The van der Waals surface area contributed by atoms with Gasteiger partial charge in [0.25, 0.3) is 0 Å². The molecule has 4 rings (SSSR count). The largest absolute Gasteiger partial charge is 0.383 e. The third-order valence-corrected chi connectivity index (χ3v) is 8.32. The number of hydrogen-bond acceptors (Lipinski definition) is 7. The van der Waals surface area contributed by atoms with Gasteiger partial charge in [-0.05, 0) is 23.3 Å². The van der Waals surface area contributed by atoms with Crippen LogP contribution in [0.2, 0.25) is 0 Å². The predicted molar refractivity (Wildman–Crippen MR) is 127 cm³/mol. The average molecular weight is 489 g/mol. The molecule has 0 atom stereocenters. The number of thioether (sulfide) groups is 1. The number of methoxy groups -OCH3 is 1. The van der Waals surface area contributed by atoms with Crippen LogP contribution in [0.1, 0.15) is 17.0 Å². The molecular formula is C23H28N4O4S2. The SMILES string of the molecule is COCCn1c(Cc2ccccc2)nnc1SCc1cccc(S(=O)(=O)N2CCOCC2)c1. The molecule has 1 saturated heterocycles. The fourth-order valence-electron chi connectivity index (χ4n) is 3.62. The number of hydrogen-bond donors (Lipinski definition) is 0. The lowest BCUT2D eigenvalue weighted by Gasteiger charge is -2.26. The van der Waals surface area contributed by atoms with Crippen LogP contribution in [0, 0.1) is 0 Å². The molecule has 176 valence electrons. The Morgan fingerprint density at radius 1 is 1.03 bits per heavy atom. The molecule has 0 unspecified atom stereocenters. The lowest BCUT2D eigenvalue weighted by molar-refractivity contribution is 0.0730. The van der Waals surface area contributed by atoms with E-state index in [4.69, 9.17) is 9.47 Å². The molecule has 2 aromatic carbocycles. The van der Waals surface area contributed by atoms with Gasteiger partial charge in [0.05, 0.1) is 24.7 Å². The minimum absolute atomic E-state index is 0.313. The molecule has 0 spiro atoms. The minimum atomic E-state index is -3.52. The van der Waals surface area contributed by atoms with Gasteiger partial charge in [0, 0.05) is 38.9 Å². The Morgan fingerprint density at radius 2 is 1.79 bits per heavy atom. The van der Waals surface area contributed by atoms with E-state index in [1.807, 2.05) is 24.3 Å². The van der Waals surface area contributed by atoms with Crippen LogP contribution in [-0.2, 0) is 38.2 Å². The van der Waals surface area contributed by atoms with Crippen LogP contribution >= 0.6 is 11.8 Å². The van der Waals surface area contributed by atoms with Gasteiger partial charge in [0.1, 0.15) is 5.82 Å². The van der Waals surface area contributed by atoms with E-state index in [9.17, 15) is 8.42 Å². The van der Waals surface area contributed by atoms with Crippen LogP contribution in [-0.4, -0.2) is 67.5 Å². The number of morpholine rings is 1. The van der Waals surface area contributed by atoms with Gasteiger partial charge in [-0.2, -0.15) is 4.31 Å². The second-order valence-electron chi connectivity index (χ2n) is 7.66. The molecule has 33 heavy (non-hydrogen) atoms. The first-order valence-corrected chi connectivity index (χ1v) is 13.2. The molecule has 2 heterocycles. The lowest BCUT2D eigenvalue weighted by Crippen LogP contribution is -2.40. The van der Waals surface area contributed by atoms with Crippen molar-refractivity contribution >= 4 is 21.8 Å². The van der Waals surface area contributed by atoms with E-state index in [1.165, 1.54) is 9.87 Å². The van der Waals surface area contributed by atoms with E-state index in [1.54, 1.807) is 37.1 Å². The summed E-state index contributed by atoms with van der Waals surface area (Å²) in [6.07, 6.45) is 0.686. The molecule has 8 nitrogen and oxygen atoms in total. The summed E-state index contributed by atoms with van der Waals surface area (Å²) in [5.74, 6) is 1.47. The molecule has 1 aliphatic rings. The smallest absolute Gasteiger partial charge is 0.243 e. The first-order chi connectivity index (χ1) is 16.1. The zero-order chi connectivity index (χ0) is 23.1. The second kappa shape index (κ2) is 11.3. The number of rotatable bonds is 10. The van der Waals surface area contributed by atoms with Gasteiger partial charge in [0.15, 0.2) is 5.16 Å². The van der Waals surface area contributed by atoms with Gasteiger partial charge in [-0.3, -0.25) is 0 Å². The predicted octanol–water partition coefficient (Wildman–Crippen LogP) is 2.83. The van der Waals surface area contributed by atoms with E-state index < -0.39 is 10.0 Å². The normalized spacial score (nSPS) is 15.1. The van der Waals surface area contributed by atoms with Gasteiger partial charge in [0.2, 0.25) is 10.0 Å². The van der Waals surface area contributed by atoms with Crippen molar-refractivity contribution in [2.75, 3.05) is 40.0 Å². The summed E-state index contributed by atoms with van der Waals surface area (Å²) in [5.41, 5.74) is 2.08. The summed E-state index contributed by atoms with van der Waals surface area (Å²) < 4.78 is 40.1. The first-order valence-electron chi connectivity index (χ1n) is 10.8. The summed E-state index contributed by atoms with van der Waals surface area (Å²) in [6.45, 7) is 2.83. The molecule has 1 fully saturated rings. The Kier molecular flexibility index (Phi) is 8.15. The Balaban J connectivity index is 1.49. The van der Waals surface area contributed by atoms with E-state index in [0.717, 1.165) is 16.5 Å². The maximum absolute atomic E-state index is 13.0. The van der Waals surface area contributed by atoms with Crippen molar-refractivity contribution in [3.8, 4) is 0 Å². The topological polar surface area (TPSA) is 86.5 Å². The van der Waals surface area contributed by atoms with Crippen molar-refractivity contribution < 1.29 is 17.9 Å². The number of benzene rings is 2. The van der Waals surface area contributed by atoms with Crippen molar-refractivity contribution in [1.82, 2.24) is 19.1 Å². The van der Waals surface area contributed by atoms with Crippen LogP contribution in [0.5, 0.6) is 0 Å². The highest BCUT2D eigenvalue weighted by molar-refractivity contribution is 7.98. The Hall–Kier alpha value is -2.24. The van der Waals surface area contributed by atoms with E-state index in [2.05, 4.69) is 26.9 Å². The molecule has 0 N–H and O–H groups in total. The van der Waals surface area contributed by atoms with Crippen LogP contribution in [0.25, 0.3) is 0 Å². The second-order valence-corrected chi connectivity index (χ2v) is 10.5. The standard InChI is InChI=1S/C23H28N4O4S2/c1-30-13-12-27-22(17-19-6-3-2-4-7-19)24-25-23(27)32-18-20-8-5-9-21(16-20)33(28,29)26-10-14-31-15-11-26/h2-9,16H,10-15,17-18H2,1H3. The van der Waals surface area contributed by atoms with Gasteiger partial charge < -0.3 is 14.0 Å². The quantitative estimate of drug-likeness (QED) is 0.406. The third kappa shape index (κ3) is 6.01. The molecule has 0 bridgehead atoms. The Labute approximate surface area is 199 Å². The van der Waals surface area contributed by atoms with Crippen molar-refractivity contribution in [1.29, 1.82) is 0 Å². The molecule has 0 amide bonds. The summed E-state index contributed by atoms with van der Waals surface area (Å²) >= 11 is 1.54. The molecular weight excluding hydrogens is 460 g/mol. The van der Waals surface area contributed by atoms with Crippen molar-refractivity contribution in [2.45, 2.75) is 28.8 Å². The summed E-state index contributed by atoms with van der Waals surface area (Å²) in [7, 11) is -1.85. The number of nitrogens with zero attached hydrogens (tertiary/aromatic N) is 4. The fraction of sp³-hybridized carbons (Fsp3) is 0.391. The summed E-state index contributed by atoms with van der Waals surface area (Å²) in [4.78, 5) is 0.313. The van der Waals surface area contributed by atoms with Crippen molar-refractivity contribution in [3.05, 3.63) is 71.5 Å². The minimum Gasteiger partial charge on any atom is -0.383 e. The maximum Gasteiger partial charge on any atom is 0.243 e. The van der Waals surface area contributed by atoms with E-state index in [0.29, 0.717) is 56.5 Å². The molecule has 1 aromatic heterocycles. The van der Waals surface area contributed by atoms with Gasteiger partial charge in [-0.25, -0.2) is 8.42 Å². The highest BCUT2D eigenvalue weighted by Crippen LogP contribution is 2.25. The fourth-order valence-corrected chi connectivity index (χ4v) is 6.03. The van der Waals surface area contributed by atoms with Crippen molar-refractivity contribution in [2.24, 2.45) is 0 Å². The van der Waals surface area contributed by atoms with Crippen LogP contribution < -0.4 is 0 Å². The highest BCUT2D eigenvalue weighted by Gasteiger charge is 2.26.